The number of halogens is 6. The van der Waals surface area contributed by atoms with Crippen LogP contribution in [0.25, 0.3) is 22.6 Å². The van der Waals surface area contributed by atoms with E-state index in [-0.39, 0.29) is 28.6 Å². The number of alkyl halides is 4. The molecule has 43 heavy (non-hydrogen) atoms. The van der Waals surface area contributed by atoms with Gasteiger partial charge in [-0.25, -0.2) is 8.78 Å². The maximum absolute atomic E-state index is 13.7. The highest BCUT2D eigenvalue weighted by Crippen LogP contribution is 2.35. The zero-order valence-electron chi connectivity index (χ0n) is 21.3. The van der Waals surface area contributed by atoms with Crippen LogP contribution in [0.5, 0.6) is 5.75 Å². The number of nitrogens with one attached hydrogen (secondary N) is 2. The molecule has 3 aromatic carbocycles. The lowest BCUT2D eigenvalue weighted by Crippen LogP contribution is -2.33. The number of carbonyl (C=O) groups is 2. The van der Waals surface area contributed by atoms with E-state index in [0.717, 1.165) is 30.3 Å². The molecule has 15 heteroatoms. The first-order valence-electron chi connectivity index (χ1n) is 12.1. The standard InChI is InChI=1S/C28H16F6N4O5/c29-16-5-1-14(2-6-16)23-12-20(37-42-23)25(39)35-18-9-10-22(41-28(33,34)27(31)32)19(11-18)36-26(40)21-13-24(43-38-21)15-3-7-17(30)8-4-15/h1-13,27H,(H,35,39)(H,36,40). The number of rotatable bonds is 9. The van der Waals surface area contributed by atoms with Crippen molar-refractivity contribution in [3.63, 3.8) is 0 Å². The fourth-order valence-electron chi connectivity index (χ4n) is 3.63. The molecule has 2 heterocycles. The van der Waals surface area contributed by atoms with Crippen LogP contribution in [-0.4, -0.2) is 34.7 Å². The summed E-state index contributed by atoms with van der Waals surface area (Å²) < 4.78 is 93.9. The summed E-state index contributed by atoms with van der Waals surface area (Å²) in [6, 6.07) is 15.4. The van der Waals surface area contributed by atoms with Gasteiger partial charge in [0.2, 0.25) is 0 Å². The number of benzene rings is 3. The normalized spacial score (nSPS) is 11.4. The molecule has 0 saturated heterocycles. The molecule has 0 radical (unpaired) electrons. The third kappa shape index (κ3) is 6.66. The molecule has 2 amide bonds. The van der Waals surface area contributed by atoms with E-state index in [1.807, 2.05) is 0 Å². The van der Waals surface area contributed by atoms with Crippen molar-refractivity contribution in [3.8, 4) is 28.4 Å². The second kappa shape index (κ2) is 11.7. The zero-order valence-corrected chi connectivity index (χ0v) is 21.3. The summed E-state index contributed by atoms with van der Waals surface area (Å²) in [4.78, 5) is 25.6. The van der Waals surface area contributed by atoms with Crippen LogP contribution in [0.1, 0.15) is 21.0 Å². The molecule has 0 atom stereocenters. The van der Waals surface area contributed by atoms with E-state index >= 15 is 0 Å². The molecule has 0 aliphatic heterocycles. The quantitative estimate of drug-likeness (QED) is 0.174. The number of carbonyl (C=O) groups excluding carboxylic acids is 2. The number of hydrogen-bond acceptors (Lipinski definition) is 7. The van der Waals surface area contributed by atoms with E-state index in [1.165, 1.54) is 48.5 Å². The van der Waals surface area contributed by atoms with Crippen LogP contribution in [0.15, 0.2) is 87.9 Å². The van der Waals surface area contributed by atoms with Gasteiger partial charge in [-0.1, -0.05) is 10.3 Å². The van der Waals surface area contributed by atoms with Gasteiger partial charge < -0.3 is 24.4 Å². The van der Waals surface area contributed by atoms with E-state index in [4.69, 9.17) is 9.05 Å². The topological polar surface area (TPSA) is 119 Å². The molecule has 5 aromatic rings. The van der Waals surface area contributed by atoms with Crippen molar-refractivity contribution < 1.29 is 49.7 Å². The lowest BCUT2D eigenvalue weighted by Gasteiger charge is -2.20. The Hall–Kier alpha value is -5.60. The van der Waals surface area contributed by atoms with Crippen molar-refractivity contribution in [2.24, 2.45) is 0 Å². The van der Waals surface area contributed by atoms with Gasteiger partial charge in [0.25, 0.3) is 11.8 Å². The zero-order chi connectivity index (χ0) is 30.7. The Kier molecular flexibility index (Phi) is 7.88. The minimum absolute atomic E-state index is 0.0690. The number of hydrogen-bond donors (Lipinski definition) is 2. The van der Waals surface area contributed by atoms with Crippen LogP contribution in [0.3, 0.4) is 0 Å². The minimum Gasteiger partial charge on any atom is -0.426 e. The molecule has 2 aromatic heterocycles. The Morgan fingerprint density at radius 1 is 0.721 bits per heavy atom. The summed E-state index contributed by atoms with van der Waals surface area (Å²) in [5, 5.41) is 11.8. The Balaban J connectivity index is 1.38. The molecule has 0 spiro atoms. The van der Waals surface area contributed by atoms with Gasteiger partial charge >= 0.3 is 12.5 Å². The largest absolute Gasteiger partial charge is 0.461 e. The number of aromatic nitrogens is 2. The van der Waals surface area contributed by atoms with Gasteiger partial charge in [-0.3, -0.25) is 9.59 Å². The average Bonchev–Trinajstić information content (AvgIpc) is 3.66. The van der Waals surface area contributed by atoms with Crippen LogP contribution in [0.2, 0.25) is 0 Å². The third-order valence-corrected chi connectivity index (χ3v) is 5.73. The Morgan fingerprint density at radius 3 is 1.70 bits per heavy atom. The van der Waals surface area contributed by atoms with Crippen LogP contribution < -0.4 is 15.4 Å². The van der Waals surface area contributed by atoms with E-state index in [9.17, 15) is 35.9 Å². The van der Waals surface area contributed by atoms with Crippen LogP contribution in [-0.2, 0) is 0 Å². The predicted molar refractivity (Wildman–Crippen MR) is 138 cm³/mol. The molecule has 0 unspecified atom stereocenters. The second-order valence-electron chi connectivity index (χ2n) is 8.75. The molecular weight excluding hydrogens is 586 g/mol. The first-order chi connectivity index (χ1) is 20.5. The molecule has 0 bridgehead atoms. The summed E-state index contributed by atoms with van der Waals surface area (Å²) >= 11 is 0. The smallest absolute Gasteiger partial charge is 0.426 e. The monoisotopic (exact) mass is 602 g/mol. The van der Waals surface area contributed by atoms with E-state index in [2.05, 4.69) is 25.7 Å². The number of nitrogens with zero attached hydrogens (tertiary/aromatic N) is 2. The van der Waals surface area contributed by atoms with Gasteiger partial charge in [-0.15, -0.1) is 0 Å². The molecule has 0 fully saturated rings. The van der Waals surface area contributed by atoms with Crippen LogP contribution in [0, 0.1) is 11.6 Å². The van der Waals surface area contributed by atoms with Crippen molar-refractivity contribution >= 4 is 23.2 Å². The molecular formula is C28H16F6N4O5. The number of anilines is 2. The van der Waals surface area contributed by atoms with Crippen molar-refractivity contribution in [1.29, 1.82) is 0 Å². The lowest BCUT2D eigenvalue weighted by molar-refractivity contribution is -0.252. The molecule has 9 nitrogen and oxygen atoms in total. The maximum Gasteiger partial charge on any atom is 0.461 e. The Morgan fingerprint density at radius 2 is 1.21 bits per heavy atom. The molecule has 2 N–H and O–H groups in total. The Labute approximate surface area is 237 Å². The Bertz CT molecular complexity index is 1770. The van der Waals surface area contributed by atoms with Crippen molar-refractivity contribution in [3.05, 3.63) is 102 Å². The molecule has 5 rings (SSSR count). The van der Waals surface area contributed by atoms with E-state index in [0.29, 0.717) is 11.1 Å². The lowest BCUT2D eigenvalue weighted by atomic mass is 10.1. The van der Waals surface area contributed by atoms with Gasteiger partial charge in [-0.05, 0) is 66.7 Å². The first kappa shape index (κ1) is 28.9. The summed E-state index contributed by atoms with van der Waals surface area (Å²) in [6.07, 6.45) is -9.13. The molecule has 0 aliphatic rings. The average molecular weight is 602 g/mol. The second-order valence-corrected chi connectivity index (χ2v) is 8.75. The highest BCUT2D eigenvalue weighted by Gasteiger charge is 2.44. The van der Waals surface area contributed by atoms with Crippen molar-refractivity contribution in [2.75, 3.05) is 10.6 Å². The van der Waals surface area contributed by atoms with Gasteiger partial charge in [0, 0.05) is 28.9 Å². The van der Waals surface area contributed by atoms with Crippen LogP contribution >= 0.6 is 0 Å². The van der Waals surface area contributed by atoms with Gasteiger partial charge in [0.15, 0.2) is 22.9 Å². The predicted octanol–water partition coefficient (Wildman–Crippen LogP) is 7.02. The highest BCUT2D eigenvalue weighted by molar-refractivity contribution is 6.06. The van der Waals surface area contributed by atoms with Gasteiger partial charge in [0.1, 0.15) is 17.4 Å². The molecule has 0 aliphatic carbocycles. The fourth-order valence-corrected chi connectivity index (χ4v) is 3.63. The van der Waals surface area contributed by atoms with Crippen molar-refractivity contribution in [2.45, 2.75) is 12.5 Å². The number of amides is 2. The van der Waals surface area contributed by atoms with Gasteiger partial charge in [-0.2, -0.15) is 17.6 Å². The van der Waals surface area contributed by atoms with Gasteiger partial charge in [0.05, 0.1) is 5.69 Å². The SMILES string of the molecule is O=C(Nc1ccc(OC(F)(F)C(F)F)c(NC(=O)c2cc(-c3ccc(F)cc3)on2)c1)c1cc(-c2ccc(F)cc2)on1. The highest BCUT2D eigenvalue weighted by atomic mass is 19.3. The van der Waals surface area contributed by atoms with E-state index in [1.54, 1.807) is 0 Å². The number of ether oxygens (including phenoxy) is 1. The van der Waals surface area contributed by atoms with E-state index < -0.39 is 47.4 Å². The fraction of sp³-hybridized carbons (Fsp3) is 0.0714. The first-order valence-corrected chi connectivity index (χ1v) is 12.1. The third-order valence-electron chi connectivity index (χ3n) is 5.73. The summed E-state index contributed by atoms with van der Waals surface area (Å²) in [7, 11) is 0. The minimum atomic E-state index is -4.93. The maximum atomic E-state index is 13.7. The molecule has 220 valence electrons. The van der Waals surface area contributed by atoms with Crippen LogP contribution in [0.4, 0.5) is 37.7 Å². The summed E-state index contributed by atoms with van der Waals surface area (Å²) in [5.41, 5.74) is -0.404. The summed E-state index contributed by atoms with van der Waals surface area (Å²) in [5.74, 6) is -3.51. The van der Waals surface area contributed by atoms with Crippen molar-refractivity contribution in [1.82, 2.24) is 10.3 Å². The summed E-state index contributed by atoms with van der Waals surface area (Å²) in [6.45, 7) is 0. The molecule has 0 saturated carbocycles.